The molecule has 4 rings (SSSR count). The molecule has 1 aliphatic carbocycles. The fourth-order valence-electron chi connectivity index (χ4n) is 3.31. The van der Waals surface area contributed by atoms with Crippen LogP contribution in [-0.2, 0) is 4.74 Å². The third-order valence-electron chi connectivity index (χ3n) is 5.12. The van der Waals surface area contributed by atoms with Gasteiger partial charge in [-0.3, -0.25) is 4.79 Å². The van der Waals surface area contributed by atoms with Crippen molar-refractivity contribution in [2.75, 3.05) is 31.1 Å². The number of nitrogens with zero attached hydrogens (tertiary/aromatic N) is 4. The summed E-state index contributed by atoms with van der Waals surface area (Å²) in [4.78, 5) is 36.6. The lowest BCUT2D eigenvalue weighted by Gasteiger charge is -2.36. The van der Waals surface area contributed by atoms with E-state index < -0.39 is 5.60 Å². The average molecular weight is 440 g/mol. The summed E-state index contributed by atoms with van der Waals surface area (Å²) in [7, 11) is 0. The first-order chi connectivity index (χ1) is 15.3. The average Bonchev–Trinajstić information content (AvgIpc) is 3.57. The molecule has 2 fully saturated rings. The van der Waals surface area contributed by atoms with Crippen molar-refractivity contribution < 1.29 is 19.1 Å². The summed E-state index contributed by atoms with van der Waals surface area (Å²) in [5.41, 5.74) is 0.843. The first-order valence-corrected chi connectivity index (χ1v) is 10.9. The van der Waals surface area contributed by atoms with Crippen LogP contribution in [0.4, 0.5) is 10.5 Å². The van der Waals surface area contributed by atoms with Gasteiger partial charge in [-0.1, -0.05) is 0 Å². The number of hydrogen-bond acceptors (Lipinski definition) is 7. The second kappa shape index (κ2) is 9.02. The molecule has 2 amide bonds. The van der Waals surface area contributed by atoms with E-state index in [4.69, 9.17) is 9.47 Å². The highest BCUT2D eigenvalue weighted by molar-refractivity contribution is 5.92. The predicted octanol–water partition coefficient (Wildman–Crippen LogP) is 3.22. The Hall–Kier alpha value is -3.36. The molecule has 2 heterocycles. The number of aromatic nitrogens is 2. The summed E-state index contributed by atoms with van der Waals surface area (Å²) in [6, 6.07) is 9.58. The molecule has 32 heavy (non-hydrogen) atoms. The van der Waals surface area contributed by atoms with E-state index in [0.717, 1.165) is 31.6 Å². The van der Waals surface area contributed by atoms with Crippen LogP contribution < -0.4 is 15.0 Å². The molecule has 0 spiro atoms. The zero-order valence-corrected chi connectivity index (χ0v) is 18.7. The molecule has 1 saturated heterocycles. The second-order valence-corrected chi connectivity index (χ2v) is 9.02. The lowest BCUT2D eigenvalue weighted by atomic mass is 10.2. The van der Waals surface area contributed by atoms with Gasteiger partial charge in [0.25, 0.3) is 5.91 Å². The van der Waals surface area contributed by atoms with E-state index in [-0.39, 0.29) is 24.1 Å². The minimum atomic E-state index is -0.492. The number of carbonyl (C=O) groups is 2. The quantitative estimate of drug-likeness (QED) is 0.764. The van der Waals surface area contributed by atoms with Crippen LogP contribution in [0.2, 0.25) is 0 Å². The van der Waals surface area contributed by atoms with E-state index in [1.165, 1.54) is 6.20 Å². The summed E-state index contributed by atoms with van der Waals surface area (Å²) in [6.45, 7) is 8.27. The van der Waals surface area contributed by atoms with Crippen LogP contribution in [0.15, 0.2) is 36.5 Å². The van der Waals surface area contributed by atoms with Crippen LogP contribution in [0.5, 0.6) is 11.8 Å². The standard InChI is InChI=1S/C23H29N5O4/c1-23(2,3)32-22(30)28-14-12-27(13-15-28)17-6-8-18(9-7-17)31-21-24-11-10-19(26-21)20(29)25-16-4-5-16/h6-11,16H,4-5,12-15H2,1-3H3,(H,25,29). The highest BCUT2D eigenvalue weighted by Crippen LogP contribution is 2.24. The minimum absolute atomic E-state index is 0.132. The number of piperazine rings is 1. The lowest BCUT2D eigenvalue weighted by Crippen LogP contribution is -2.50. The van der Waals surface area contributed by atoms with Crippen LogP contribution in [0, 0.1) is 0 Å². The summed E-state index contributed by atoms with van der Waals surface area (Å²) < 4.78 is 11.2. The molecule has 9 heteroatoms. The van der Waals surface area contributed by atoms with Crippen LogP contribution in [0.25, 0.3) is 0 Å². The van der Waals surface area contributed by atoms with Gasteiger partial charge >= 0.3 is 12.1 Å². The van der Waals surface area contributed by atoms with E-state index in [1.807, 2.05) is 45.0 Å². The summed E-state index contributed by atoms with van der Waals surface area (Å²) in [5.74, 6) is 0.376. The Kier molecular flexibility index (Phi) is 6.16. The Balaban J connectivity index is 1.31. The summed E-state index contributed by atoms with van der Waals surface area (Å²) >= 11 is 0. The number of nitrogens with one attached hydrogen (secondary N) is 1. The Morgan fingerprint density at radius 2 is 1.72 bits per heavy atom. The molecule has 1 aliphatic heterocycles. The zero-order valence-electron chi connectivity index (χ0n) is 18.7. The normalized spacial score (nSPS) is 16.5. The molecule has 0 bridgehead atoms. The van der Waals surface area contributed by atoms with Crippen molar-refractivity contribution in [3.8, 4) is 11.8 Å². The van der Waals surface area contributed by atoms with Gasteiger partial charge in [0.2, 0.25) is 0 Å². The van der Waals surface area contributed by atoms with Gasteiger partial charge in [-0.05, 0) is 63.9 Å². The van der Waals surface area contributed by atoms with Crippen LogP contribution >= 0.6 is 0 Å². The van der Waals surface area contributed by atoms with Crippen molar-refractivity contribution in [2.24, 2.45) is 0 Å². The smallest absolute Gasteiger partial charge is 0.410 e. The van der Waals surface area contributed by atoms with Gasteiger partial charge in [-0.15, -0.1) is 0 Å². The maximum Gasteiger partial charge on any atom is 0.410 e. The van der Waals surface area contributed by atoms with Crippen LogP contribution in [0.3, 0.4) is 0 Å². The van der Waals surface area contributed by atoms with Gasteiger partial charge < -0.3 is 24.6 Å². The summed E-state index contributed by atoms with van der Waals surface area (Å²) in [5, 5.41) is 2.90. The number of rotatable bonds is 5. The first kappa shape index (κ1) is 21.9. The molecule has 1 saturated carbocycles. The number of amides is 2. The van der Waals surface area contributed by atoms with E-state index in [0.29, 0.717) is 24.5 Å². The predicted molar refractivity (Wildman–Crippen MR) is 119 cm³/mol. The first-order valence-electron chi connectivity index (χ1n) is 10.9. The largest absolute Gasteiger partial charge is 0.444 e. The fraction of sp³-hybridized carbons (Fsp3) is 0.478. The number of hydrogen-bond donors (Lipinski definition) is 1. The van der Waals surface area contributed by atoms with Crippen LogP contribution in [0.1, 0.15) is 44.1 Å². The third kappa shape index (κ3) is 5.87. The van der Waals surface area contributed by atoms with Gasteiger partial charge in [0.15, 0.2) is 0 Å². The number of carbonyl (C=O) groups excluding carboxylic acids is 2. The number of anilines is 1. The maximum absolute atomic E-state index is 12.2. The van der Waals surface area contributed by atoms with Gasteiger partial charge in [-0.2, -0.15) is 4.98 Å². The lowest BCUT2D eigenvalue weighted by molar-refractivity contribution is 0.0240. The van der Waals surface area contributed by atoms with Gasteiger partial charge in [-0.25, -0.2) is 9.78 Å². The van der Waals surface area contributed by atoms with E-state index in [9.17, 15) is 9.59 Å². The molecule has 0 atom stereocenters. The molecule has 1 aromatic heterocycles. The highest BCUT2D eigenvalue weighted by Gasteiger charge is 2.26. The van der Waals surface area contributed by atoms with Crippen molar-refractivity contribution in [3.63, 3.8) is 0 Å². The maximum atomic E-state index is 12.2. The fourth-order valence-corrected chi connectivity index (χ4v) is 3.31. The van der Waals surface area contributed by atoms with E-state index in [1.54, 1.807) is 11.0 Å². The topological polar surface area (TPSA) is 96.9 Å². The second-order valence-electron chi connectivity index (χ2n) is 9.02. The highest BCUT2D eigenvalue weighted by atomic mass is 16.6. The molecular weight excluding hydrogens is 410 g/mol. The van der Waals surface area contributed by atoms with Crippen molar-refractivity contribution in [2.45, 2.75) is 45.3 Å². The Labute approximate surface area is 187 Å². The third-order valence-corrected chi connectivity index (χ3v) is 5.12. The molecule has 0 unspecified atom stereocenters. The number of benzene rings is 1. The van der Waals surface area contributed by atoms with Crippen molar-refractivity contribution in [3.05, 3.63) is 42.2 Å². The van der Waals surface area contributed by atoms with Crippen molar-refractivity contribution in [1.29, 1.82) is 0 Å². The Morgan fingerprint density at radius 3 is 2.34 bits per heavy atom. The SMILES string of the molecule is CC(C)(C)OC(=O)N1CCN(c2ccc(Oc3nccc(C(=O)NC4CC4)n3)cc2)CC1. The molecule has 2 aliphatic rings. The Bertz CT molecular complexity index is 961. The van der Waals surface area contributed by atoms with Gasteiger partial charge in [0.1, 0.15) is 17.0 Å². The zero-order chi connectivity index (χ0) is 22.7. The van der Waals surface area contributed by atoms with Crippen molar-refractivity contribution in [1.82, 2.24) is 20.2 Å². The molecule has 2 aromatic rings. The molecule has 0 radical (unpaired) electrons. The molecule has 170 valence electrons. The van der Waals surface area contributed by atoms with Gasteiger partial charge in [0, 0.05) is 44.1 Å². The molecule has 9 nitrogen and oxygen atoms in total. The molecular formula is C23H29N5O4. The number of ether oxygens (including phenoxy) is 2. The monoisotopic (exact) mass is 439 g/mol. The Morgan fingerprint density at radius 1 is 1.03 bits per heavy atom. The van der Waals surface area contributed by atoms with E-state index >= 15 is 0 Å². The van der Waals surface area contributed by atoms with Crippen molar-refractivity contribution >= 4 is 17.7 Å². The van der Waals surface area contributed by atoms with Gasteiger partial charge in [0.05, 0.1) is 0 Å². The minimum Gasteiger partial charge on any atom is -0.444 e. The summed E-state index contributed by atoms with van der Waals surface area (Å²) in [6.07, 6.45) is 3.28. The van der Waals surface area contributed by atoms with E-state index in [2.05, 4.69) is 20.2 Å². The molecule has 1 aromatic carbocycles. The van der Waals surface area contributed by atoms with Crippen LogP contribution in [-0.4, -0.2) is 64.7 Å². The molecule has 1 N–H and O–H groups in total.